The standard InChI is InChI=1S/C18H11NO7S2.2Na/c20-17-12-5-4-11(28(23,24)25)8-13(12)18(21)16(17)14-6-2-9-1-3-10(27-26-22)7-15(9)19-14;;/h1-8,16,22H,(H,23,24,25);;/q;2*+1/p-2. The van der Waals surface area contributed by atoms with E-state index in [-0.39, 0.29) is 75.9 Å². The van der Waals surface area contributed by atoms with Gasteiger partial charge in [-0.15, -0.1) is 0 Å². The summed E-state index contributed by atoms with van der Waals surface area (Å²) in [4.78, 5) is 29.8. The minimum Gasteiger partial charge on any atom is -0.744 e. The van der Waals surface area contributed by atoms with Crippen molar-refractivity contribution in [2.45, 2.75) is 15.7 Å². The second kappa shape index (κ2) is 9.88. The molecule has 3 aromatic rings. The van der Waals surface area contributed by atoms with E-state index in [1.54, 1.807) is 24.3 Å². The fraction of sp³-hybridized carbons (Fsp3) is 0.0556. The first-order valence-corrected chi connectivity index (χ1v) is 10.00. The first-order valence-electron chi connectivity index (χ1n) is 7.85. The number of aromatic nitrogens is 1. The molecule has 0 fully saturated rings. The Morgan fingerprint density at radius 2 is 1.60 bits per heavy atom. The molecule has 0 spiro atoms. The molecule has 12 heteroatoms. The fourth-order valence-electron chi connectivity index (χ4n) is 3.16. The molecule has 1 atom stereocenters. The summed E-state index contributed by atoms with van der Waals surface area (Å²) in [5, 5.41) is 11.0. The summed E-state index contributed by atoms with van der Waals surface area (Å²) in [5.74, 6) is -2.36. The van der Waals surface area contributed by atoms with Crippen LogP contribution in [-0.2, 0) is 14.5 Å². The van der Waals surface area contributed by atoms with Crippen molar-refractivity contribution in [2.75, 3.05) is 0 Å². The monoisotopic (exact) mass is 461 g/mol. The van der Waals surface area contributed by atoms with Crippen molar-refractivity contribution >= 4 is 44.6 Å². The maximum absolute atomic E-state index is 12.8. The van der Waals surface area contributed by atoms with Gasteiger partial charge in [-0.1, -0.05) is 12.1 Å². The van der Waals surface area contributed by atoms with E-state index in [1.807, 2.05) is 0 Å². The Labute approximate surface area is 219 Å². The van der Waals surface area contributed by atoms with Gasteiger partial charge in [0.2, 0.25) is 0 Å². The van der Waals surface area contributed by atoms with Gasteiger partial charge in [-0.25, -0.2) is 8.42 Å². The van der Waals surface area contributed by atoms with E-state index in [9.17, 15) is 27.8 Å². The Kier molecular flexibility index (Phi) is 8.44. The SMILES string of the molecule is O=C1c2ccc(S(=O)(=O)[O-])cc2C(=O)C1c1ccc2ccc(SO[O-])cc2n1.[Na+].[Na+]. The van der Waals surface area contributed by atoms with Crippen LogP contribution >= 0.6 is 12.0 Å². The number of nitrogens with zero attached hydrogens (tertiary/aromatic N) is 1. The van der Waals surface area contributed by atoms with Gasteiger partial charge in [0, 0.05) is 33.5 Å². The molecule has 0 aliphatic heterocycles. The summed E-state index contributed by atoms with van der Waals surface area (Å²) in [6.07, 6.45) is 0. The zero-order valence-electron chi connectivity index (χ0n) is 15.8. The van der Waals surface area contributed by atoms with Gasteiger partial charge in [0.25, 0.3) is 0 Å². The molecule has 2 aromatic carbocycles. The molecule has 1 heterocycles. The van der Waals surface area contributed by atoms with Crippen LogP contribution in [0.5, 0.6) is 0 Å². The zero-order chi connectivity index (χ0) is 20.1. The number of hydrogen-bond acceptors (Lipinski definition) is 9. The Bertz CT molecular complexity index is 1260. The van der Waals surface area contributed by atoms with Crippen molar-refractivity contribution in [1.82, 2.24) is 4.98 Å². The summed E-state index contributed by atoms with van der Waals surface area (Å²) in [5.41, 5.74) is 0.584. The number of pyridine rings is 1. The van der Waals surface area contributed by atoms with E-state index < -0.39 is 32.5 Å². The molecule has 1 unspecified atom stereocenters. The number of rotatable bonds is 4. The van der Waals surface area contributed by atoms with E-state index >= 15 is 0 Å². The summed E-state index contributed by atoms with van der Waals surface area (Å²) < 4.78 is 37.4. The zero-order valence-corrected chi connectivity index (χ0v) is 21.5. The molecule has 8 nitrogen and oxygen atoms in total. The minimum absolute atomic E-state index is 0. The summed E-state index contributed by atoms with van der Waals surface area (Å²) in [6, 6.07) is 11.3. The van der Waals surface area contributed by atoms with Crippen molar-refractivity contribution in [2.24, 2.45) is 0 Å². The third-order valence-corrected chi connectivity index (χ3v) is 5.79. The van der Waals surface area contributed by atoms with Gasteiger partial charge in [-0.05, 0) is 36.4 Å². The average Bonchev–Trinajstić information content (AvgIpc) is 2.91. The van der Waals surface area contributed by atoms with Crippen LogP contribution < -0.4 is 64.4 Å². The number of fused-ring (bicyclic) bond motifs is 2. The predicted octanol–water partition coefficient (Wildman–Crippen LogP) is -4.39. The van der Waals surface area contributed by atoms with Gasteiger partial charge >= 0.3 is 59.1 Å². The molecule has 0 saturated heterocycles. The summed E-state index contributed by atoms with van der Waals surface area (Å²) >= 11 is 0.607. The first kappa shape index (κ1) is 25.6. The quantitative estimate of drug-likeness (QED) is 0.0942. The number of carbonyl (C=O) groups excluding carboxylic acids is 2. The number of Topliss-reactive ketones (excluding diaryl/α,β-unsaturated/α-hetero) is 2. The van der Waals surface area contributed by atoms with Crippen molar-refractivity contribution in [3.8, 4) is 0 Å². The molecule has 0 saturated carbocycles. The second-order valence-corrected chi connectivity index (χ2v) is 8.22. The van der Waals surface area contributed by atoms with Crippen molar-refractivity contribution in [3.05, 3.63) is 65.4 Å². The summed E-state index contributed by atoms with van der Waals surface area (Å²) in [7, 11) is -4.76. The van der Waals surface area contributed by atoms with Crippen LogP contribution in [0.25, 0.3) is 10.9 Å². The average molecular weight is 461 g/mol. The van der Waals surface area contributed by atoms with Crippen LogP contribution in [0.15, 0.2) is 58.3 Å². The third kappa shape index (κ3) is 4.74. The van der Waals surface area contributed by atoms with Gasteiger partial charge in [0.1, 0.15) is 16.0 Å². The van der Waals surface area contributed by atoms with Crippen molar-refractivity contribution in [3.63, 3.8) is 0 Å². The molecular formula is C18H9NNa2O7S2. The molecule has 30 heavy (non-hydrogen) atoms. The molecular weight excluding hydrogens is 452 g/mol. The second-order valence-electron chi connectivity index (χ2n) is 6.07. The maximum Gasteiger partial charge on any atom is 1.00 e. The van der Waals surface area contributed by atoms with Crippen LogP contribution in [0, 0.1) is 0 Å². The molecule has 0 bridgehead atoms. The Morgan fingerprint density at radius 1 is 0.933 bits per heavy atom. The largest absolute Gasteiger partial charge is 1.00 e. The van der Waals surface area contributed by atoms with E-state index in [1.165, 1.54) is 12.1 Å². The van der Waals surface area contributed by atoms with Gasteiger partial charge in [0.15, 0.2) is 11.6 Å². The van der Waals surface area contributed by atoms with Crippen LogP contribution in [0.2, 0.25) is 0 Å². The van der Waals surface area contributed by atoms with Crippen LogP contribution in [0.3, 0.4) is 0 Å². The Hall–Kier alpha value is -0.630. The molecule has 142 valence electrons. The molecule has 0 radical (unpaired) electrons. The Morgan fingerprint density at radius 3 is 2.27 bits per heavy atom. The van der Waals surface area contributed by atoms with Crippen molar-refractivity contribution in [1.29, 1.82) is 0 Å². The van der Waals surface area contributed by atoms with Crippen LogP contribution in [0.1, 0.15) is 32.3 Å². The van der Waals surface area contributed by atoms with E-state index in [0.717, 1.165) is 17.5 Å². The summed E-state index contributed by atoms with van der Waals surface area (Å²) in [6.45, 7) is 0. The number of benzene rings is 2. The van der Waals surface area contributed by atoms with Crippen molar-refractivity contribution < 1.29 is 91.3 Å². The predicted molar refractivity (Wildman–Crippen MR) is 94.5 cm³/mol. The smallest absolute Gasteiger partial charge is 0.744 e. The van der Waals surface area contributed by atoms with E-state index in [4.69, 9.17) is 0 Å². The molecule has 1 aliphatic carbocycles. The third-order valence-electron chi connectivity index (χ3n) is 4.45. The number of carbonyl (C=O) groups is 2. The van der Waals surface area contributed by atoms with E-state index in [2.05, 4.69) is 9.32 Å². The topological polar surface area (TPSA) is 137 Å². The maximum atomic E-state index is 12.8. The first-order chi connectivity index (χ1) is 13.3. The van der Waals surface area contributed by atoms with Gasteiger partial charge in [-0.2, -0.15) is 0 Å². The fourth-order valence-corrected chi connectivity index (χ4v) is 4.02. The Balaban J connectivity index is 0.00000160. The van der Waals surface area contributed by atoms with Gasteiger partial charge in [0.05, 0.1) is 16.1 Å². The molecule has 0 N–H and O–H groups in total. The number of ketones is 2. The van der Waals surface area contributed by atoms with Gasteiger partial charge in [-0.3, -0.25) is 14.6 Å². The normalized spacial score (nSPS) is 15.5. The van der Waals surface area contributed by atoms with E-state index in [0.29, 0.717) is 22.5 Å². The molecule has 0 amide bonds. The molecule has 4 rings (SSSR count). The van der Waals surface area contributed by atoms with Gasteiger partial charge < -0.3 is 14.1 Å². The minimum atomic E-state index is -4.76. The van der Waals surface area contributed by atoms with Crippen LogP contribution in [-0.4, -0.2) is 29.5 Å². The molecule has 1 aliphatic rings. The number of hydrogen-bond donors (Lipinski definition) is 0. The molecule has 1 aromatic heterocycles. The van der Waals surface area contributed by atoms with Crippen LogP contribution in [0.4, 0.5) is 0 Å².